The van der Waals surface area contributed by atoms with Crippen LogP contribution in [0.5, 0.6) is 0 Å². The van der Waals surface area contributed by atoms with Gasteiger partial charge in [-0.15, -0.1) is 0 Å². The molecule has 0 saturated heterocycles. The van der Waals surface area contributed by atoms with E-state index in [1.807, 2.05) is 18.2 Å². The van der Waals surface area contributed by atoms with Crippen molar-refractivity contribution in [1.29, 1.82) is 0 Å². The van der Waals surface area contributed by atoms with E-state index in [1.54, 1.807) is 0 Å². The van der Waals surface area contributed by atoms with Crippen LogP contribution in [0.4, 0.5) is 11.4 Å². The highest BCUT2D eigenvalue weighted by Gasteiger charge is 2.29. The summed E-state index contributed by atoms with van der Waals surface area (Å²) in [5.74, 6) is 0. The molecule has 1 fully saturated rings. The maximum absolute atomic E-state index is 5.99. The number of hydrogen-bond acceptors (Lipinski definition) is 2. The molecule has 0 aliphatic heterocycles. The summed E-state index contributed by atoms with van der Waals surface area (Å²) in [5.41, 5.74) is 7.93. The fraction of sp³-hybridized carbons (Fsp3) is 0.500. The van der Waals surface area contributed by atoms with Gasteiger partial charge in [-0.25, -0.2) is 0 Å². The number of rotatable bonds is 4. The number of nitrogens with two attached hydrogens (primary N) is 1. The highest BCUT2D eigenvalue weighted by molar-refractivity contribution is 6.31. The van der Waals surface area contributed by atoms with Crippen molar-refractivity contribution in [3.05, 3.63) is 23.2 Å². The minimum absolute atomic E-state index is 0.702. The Morgan fingerprint density at radius 3 is 2.73 bits per heavy atom. The van der Waals surface area contributed by atoms with Gasteiger partial charge in [-0.2, -0.15) is 0 Å². The number of nitrogen functional groups attached to an aromatic ring is 1. The third-order valence-electron chi connectivity index (χ3n) is 2.75. The maximum Gasteiger partial charge on any atom is 0.0603 e. The molecule has 1 saturated carbocycles. The summed E-state index contributed by atoms with van der Waals surface area (Å²) >= 11 is 5.90. The molecule has 0 atom stereocenters. The van der Waals surface area contributed by atoms with Crippen LogP contribution in [0.2, 0.25) is 5.02 Å². The van der Waals surface area contributed by atoms with Crippen molar-refractivity contribution < 1.29 is 0 Å². The predicted molar refractivity (Wildman–Crippen MR) is 66.5 cm³/mol. The topological polar surface area (TPSA) is 29.3 Å². The zero-order chi connectivity index (χ0) is 10.8. The quantitative estimate of drug-likeness (QED) is 0.796. The fourth-order valence-electron chi connectivity index (χ4n) is 1.91. The molecule has 0 heterocycles. The molecule has 2 nitrogen and oxygen atoms in total. The number of benzene rings is 1. The molecule has 0 radical (unpaired) electrons. The van der Waals surface area contributed by atoms with Gasteiger partial charge in [-0.3, -0.25) is 0 Å². The third kappa shape index (κ3) is 2.37. The molecule has 0 spiro atoms. The first-order valence-electron chi connectivity index (χ1n) is 5.54. The van der Waals surface area contributed by atoms with Crippen molar-refractivity contribution >= 4 is 23.0 Å². The van der Waals surface area contributed by atoms with Crippen LogP contribution in [-0.4, -0.2) is 12.6 Å². The number of anilines is 2. The SMILES string of the molecule is CCCN(c1ccc(Cl)cc1N)C1CC1. The van der Waals surface area contributed by atoms with Gasteiger partial charge in [0.15, 0.2) is 0 Å². The monoisotopic (exact) mass is 224 g/mol. The molecule has 1 aromatic rings. The summed E-state index contributed by atoms with van der Waals surface area (Å²) < 4.78 is 0. The van der Waals surface area contributed by atoms with E-state index in [0.717, 1.165) is 24.3 Å². The van der Waals surface area contributed by atoms with Crippen molar-refractivity contribution in [3.63, 3.8) is 0 Å². The Kier molecular flexibility index (Phi) is 3.06. The first-order valence-corrected chi connectivity index (χ1v) is 5.92. The van der Waals surface area contributed by atoms with Crippen LogP contribution >= 0.6 is 11.6 Å². The lowest BCUT2D eigenvalue weighted by Gasteiger charge is -2.25. The second-order valence-electron chi connectivity index (χ2n) is 4.13. The van der Waals surface area contributed by atoms with E-state index in [-0.39, 0.29) is 0 Å². The Balaban J connectivity index is 2.24. The van der Waals surface area contributed by atoms with Crippen molar-refractivity contribution in [1.82, 2.24) is 0 Å². The van der Waals surface area contributed by atoms with E-state index in [4.69, 9.17) is 17.3 Å². The molecule has 0 aromatic heterocycles. The van der Waals surface area contributed by atoms with Crippen LogP contribution in [0.25, 0.3) is 0 Å². The Morgan fingerprint density at radius 2 is 2.20 bits per heavy atom. The molecule has 2 N–H and O–H groups in total. The molecule has 1 aliphatic carbocycles. The molecule has 0 amide bonds. The van der Waals surface area contributed by atoms with Crippen molar-refractivity contribution in [2.75, 3.05) is 17.2 Å². The fourth-order valence-corrected chi connectivity index (χ4v) is 2.09. The van der Waals surface area contributed by atoms with Crippen LogP contribution in [-0.2, 0) is 0 Å². The van der Waals surface area contributed by atoms with Gasteiger partial charge in [-0.05, 0) is 37.5 Å². The van der Waals surface area contributed by atoms with E-state index < -0.39 is 0 Å². The third-order valence-corrected chi connectivity index (χ3v) is 2.99. The minimum atomic E-state index is 0.702. The molecular formula is C12H17ClN2. The second kappa shape index (κ2) is 4.31. The number of halogens is 1. The molecule has 3 heteroatoms. The van der Waals surface area contributed by atoms with Gasteiger partial charge in [0.2, 0.25) is 0 Å². The van der Waals surface area contributed by atoms with Gasteiger partial charge in [0.25, 0.3) is 0 Å². The van der Waals surface area contributed by atoms with Crippen LogP contribution in [0, 0.1) is 0 Å². The van der Waals surface area contributed by atoms with E-state index in [0.29, 0.717) is 11.1 Å². The number of nitrogens with zero attached hydrogens (tertiary/aromatic N) is 1. The number of hydrogen-bond donors (Lipinski definition) is 1. The van der Waals surface area contributed by atoms with Gasteiger partial charge in [0.05, 0.1) is 11.4 Å². The predicted octanol–water partition coefficient (Wildman–Crippen LogP) is 3.30. The maximum atomic E-state index is 5.99. The Morgan fingerprint density at radius 1 is 1.47 bits per heavy atom. The largest absolute Gasteiger partial charge is 0.397 e. The Bertz CT molecular complexity index is 347. The summed E-state index contributed by atoms with van der Waals surface area (Å²) in [6.45, 7) is 3.28. The molecule has 82 valence electrons. The van der Waals surface area contributed by atoms with Crippen LogP contribution in [0.15, 0.2) is 18.2 Å². The van der Waals surface area contributed by atoms with Gasteiger partial charge < -0.3 is 10.6 Å². The van der Waals surface area contributed by atoms with E-state index in [2.05, 4.69) is 11.8 Å². The van der Waals surface area contributed by atoms with Gasteiger partial charge >= 0.3 is 0 Å². The molecule has 0 bridgehead atoms. The first kappa shape index (κ1) is 10.6. The second-order valence-corrected chi connectivity index (χ2v) is 4.56. The Hall–Kier alpha value is -0.890. The van der Waals surface area contributed by atoms with Crippen LogP contribution in [0.3, 0.4) is 0 Å². The van der Waals surface area contributed by atoms with Gasteiger partial charge in [-0.1, -0.05) is 18.5 Å². The summed E-state index contributed by atoms with van der Waals surface area (Å²) in [6, 6.07) is 6.49. The smallest absolute Gasteiger partial charge is 0.0603 e. The average molecular weight is 225 g/mol. The zero-order valence-electron chi connectivity index (χ0n) is 9.04. The average Bonchev–Trinajstić information content (AvgIpc) is 2.98. The lowest BCUT2D eigenvalue weighted by atomic mass is 10.2. The molecule has 2 rings (SSSR count). The summed E-state index contributed by atoms with van der Waals surface area (Å²) in [4.78, 5) is 2.41. The molecular weight excluding hydrogens is 208 g/mol. The highest BCUT2D eigenvalue weighted by atomic mass is 35.5. The van der Waals surface area contributed by atoms with Crippen LogP contribution < -0.4 is 10.6 Å². The van der Waals surface area contributed by atoms with Crippen molar-refractivity contribution in [3.8, 4) is 0 Å². The molecule has 1 aliphatic rings. The molecule has 1 aromatic carbocycles. The summed E-state index contributed by atoms with van der Waals surface area (Å²) in [5, 5.41) is 0.712. The van der Waals surface area contributed by atoms with Crippen molar-refractivity contribution in [2.45, 2.75) is 32.2 Å². The van der Waals surface area contributed by atoms with E-state index in [1.165, 1.54) is 12.8 Å². The van der Waals surface area contributed by atoms with E-state index >= 15 is 0 Å². The minimum Gasteiger partial charge on any atom is -0.397 e. The molecule has 0 unspecified atom stereocenters. The summed E-state index contributed by atoms with van der Waals surface area (Å²) in [6.07, 6.45) is 3.74. The van der Waals surface area contributed by atoms with Gasteiger partial charge in [0, 0.05) is 17.6 Å². The standard InChI is InChI=1S/C12H17ClN2/c1-2-7-15(10-4-5-10)12-6-3-9(13)8-11(12)14/h3,6,8,10H,2,4-5,7,14H2,1H3. The van der Waals surface area contributed by atoms with Crippen molar-refractivity contribution in [2.24, 2.45) is 0 Å². The molecule has 15 heavy (non-hydrogen) atoms. The van der Waals surface area contributed by atoms with Gasteiger partial charge in [0.1, 0.15) is 0 Å². The van der Waals surface area contributed by atoms with Crippen LogP contribution in [0.1, 0.15) is 26.2 Å². The Labute approximate surface area is 96.0 Å². The normalized spacial score (nSPS) is 15.3. The summed E-state index contributed by atoms with van der Waals surface area (Å²) in [7, 11) is 0. The first-order chi connectivity index (χ1) is 7.22. The lowest BCUT2D eigenvalue weighted by molar-refractivity contribution is 0.764. The van der Waals surface area contributed by atoms with E-state index in [9.17, 15) is 0 Å². The lowest BCUT2D eigenvalue weighted by Crippen LogP contribution is -2.27. The highest BCUT2D eigenvalue weighted by Crippen LogP contribution is 2.35. The zero-order valence-corrected chi connectivity index (χ0v) is 9.80.